The zero-order chi connectivity index (χ0) is 36.1. The van der Waals surface area contributed by atoms with Crippen LogP contribution < -0.4 is 4.74 Å². The van der Waals surface area contributed by atoms with Gasteiger partial charge in [0.25, 0.3) is 0 Å². The second kappa shape index (κ2) is 15.8. The van der Waals surface area contributed by atoms with Gasteiger partial charge in [-0.2, -0.15) is 4.39 Å². The van der Waals surface area contributed by atoms with E-state index < -0.39 is 47.9 Å². The molecule has 7 rings (SSSR count). The van der Waals surface area contributed by atoms with Crippen LogP contribution in [0.1, 0.15) is 33.4 Å². The number of ether oxygens (including phenoxy) is 6. The quantitative estimate of drug-likeness (QED) is 0.125. The van der Waals surface area contributed by atoms with Crippen LogP contribution in [0.3, 0.4) is 0 Å². The lowest BCUT2D eigenvalue weighted by atomic mass is 9.83. The van der Waals surface area contributed by atoms with Gasteiger partial charge in [-0.05, 0) is 46.0 Å². The molecule has 2 saturated heterocycles. The Morgan fingerprint density at radius 2 is 1.29 bits per heavy atom. The lowest BCUT2D eigenvalue weighted by molar-refractivity contribution is -0.353. The van der Waals surface area contributed by atoms with E-state index in [1.165, 1.54) is 19.2 Å². The third-order valence-electron chi connectivity index (χ3n) is 9.65. The predicted molar refractivity (Wildman–Crippen MR) is 191 cm³/mol. The van der Waals surface area contributed by atoms with Gasteiger partial charge in [-0.15, -0.1) is 0 Å². The monoisotopic (exact) mass is 728 g/mol. The highest BCUT2D eigenvalue weighted by molar-refractivity contribution is 6.31. The first kappa shape index (κ1) is 36.2. The molecule has 7 nitrogen and oxygen atoms in total. The van der Waals surface area contributed by atoms with E-state index in [-0.39, 0.29) is 44.2 Å². The number of rotatable bonds is 14. The van der Waals surface area contributed by atoms with Gasteiger partial charge in [0.1, 0.15) is 23.9 Å². The van der Waals surface area contributed by atoms with Gasteiger partial charge in [0.2, 0.25) is 11.6 Å². The highest BCUT2D eigenvalue weighted by Crippen LogP contribution is 2.53. The molecule has 0 radical (unpaired) electrons. The van der Waals surface area contributed by atoms with E-state index in [2.05, 4.69) is 0 Å². The van der Waals surface area contributed by atoms with Crippen molar-refractivity contribution in [3.05, 3.63) is 171 Å². The minimum Gasteiger partial charge on any atom is -0.494 e. The van der Waals surface area contributed by atoms with E-state index in [1.54, 1.807) is 18.2 Å². The van der Waals surface area contributed by atoms with Crippen molar-refractivity contribution in [2.45, 2.75) is 55.9 Å². The van der Waals surface area contributed by atoms with Crippen molar-refractivity contribution < 1.29 is 42.3 Å². The summed E-state index contributed by atoms with van der Waals surface area (Å²) in [7, 11) is 1.28. The van der Waals surface area contributed by atoms with Crippen molar-refractivity contribution in [2.75, 3.05) is 20.3 Å². The predicted octanol–water partition coefficient (Wildman–Crippen LogP) is 7.92. The maximum atomic E-state index is 15.2. The smallest absolute Gasteiger partial charge is 0.225 e. The molecule has 5 atom stereocenters. The van der Waals surface area contributed by atoms with Crippen LogP contribution in [-0.2, 0) is 55.7 Å². The molecule has 0 unspecified atom stereocenters. The number of halogens is 3. The lowest BCUT2D eigenvalue weighted by Gasteiger charge is -2.50. The number of fused-ring (bicyclic) bond motifs is 2. The Labute approximate surface area is 306 Å². The first-order valence-corrected chi connectivity index (χ1v) is 17.4. The molecule has 10 heteroatoms. The zero-order valence-electron chi connectivity index (χ0n) is 28.6. The molecular weight excluding hydrogens is 690 g/mol. The maximum absolute atomic E-state index is 15.2. The largest absolute Gasteiger partial charge is 0.494 e. The number of hydrogen-bond donors (Lipinski definition) is 1. The third kappa shape index (κ3) is 7.23. The van der Waals surface area contributed by atoms with Crippen molar-refractivity contribution in [2.24, 2.45) is 0 Å². The van der Waals surface area contributed by atoms with Gasteiger partial charge < -0.3 is 33.5 Å². The number of aliphatic hydroxyl groups excluding tert-OH is 1. The van der Waals surface area contributed by atoms with Crippen LogP contribution in [0.25, 0.3) is 0 Å². The minimum absolute atomic E-state index is 0.0348. The molecule has 5 aromatic rings. The topological polar surface area (TPSA) is 75.6 Å². The summed E-state index contributed by atoms with van der Waals surface area (Å²) in [5.74, 6) is -3.92. The average Bonchev–Trinajstić information content (AvgIpc) is 3.54. The van der Waals surface area contributed by atoms with Crippen molar-refractivity contribution >= 4 is 11.6 Å². The summed E-state index contributed by atoms with van der Waals surface area (Å²) in [4.78, 5) is 0. The summed E-state index contributed by atoms with van der Waals surface area (Å²) >= 11 is 6.70. The normalized spacial score (nSPS) is 23.8. The molecule has 2 bridgehead atoms. The number of hydrogen-bond acceptors (Lipinski definition) is 7. The van der Waals surface area contributed by atoms with Gasteiger partial charge in [-0.1, -0.05) is 115 Å². The van der Waals surface area contributed by atoms with E-state index in [4.69, 9.17) is 40.0 Å². The molecule has 52 heavy (non-hydrogen) atoms. The summed E-state index contributed by atoms with van der Waals surface area (Å²) in [5.41, 5.74) is 2.51. The second-order valence-electron chi connectivity index (χ2n) is 13.0. The van der Waals surface area contributed by atoms with Crippen LogP contribution in [-0.4, -0.2) is 49.3 Å². The Morgan fingerprint density at radius 1 is 0.712 bits per heavy atom. The standard InChI is InChI=1S/C42H39ClF2O7/c1-47-35-20-17-31(36(44)37(35)45)21-32-22-33(18-19-34(32)43)42-40(50-25-30-15-9-4-10-16-30)38(48-23-28-11-5-2-6-12-28)39(41(26-46,52-42)27-51-42)49-24-29-13-7-3-8-14-29/h2-20,22,38-40,46H,21,23-27H2,1H3/t38-,39-,40+,41+,42+/m0/s1. The van der Waals surface area contributed by atoms with Crippen LogP contribution in [0.4, 0.5) is 8.78 Å². The summed E-state index contributed by atoms with van der Waals surface area (Å²) in [6.07, 6.45) is -2.62. The van der Waals surface area contributed by atoms with Crippen LogP contribution in [0.2, 0.25) is 5.02 Å². The first-order chi connectivity index (χ1) is 25.4. The molecule has 2 aliphatic heterocycles. The molecule has 2 heterocycles. The van der Waals surface area contributed by atoms with Crippen LogP contribution in [0.15, 0.2) is 121 Å². The molecule has 0 aromatic heterocycles. The zero-order valence-corrected chi connectivity index (χ0v) is 29.3. The fraction of sp³-hybridized carbons (Fsp3) is 0.286. The van der Waals surface area contributed by atoms with Crippen molar-refractivity contribution in [3.63, 3.8) is 0 Å². The Hall–Kier alpha value is -4.19. The second-order valence-corrected chi connectivity index (χ2v) is 13.4. The molecule has 0 saturated carbocycles. The summed E-state index contributed by atoms with van der Waals surface area (Å²) in [6.45, 7) is 0.125. The number of aliphatic hydroxyl groups is 1. The SMILES string of the molecule is COc1ccc(Cc2cc([C@@]34OC[C@@](CO)(O3)[C@@H](OCc3ccccc3)[C@H](OCc3ccccc3)[C@H]4OCc3ccccc3)ccc2Cl)c(F)c1F. The first-order valence-electron chi connectivity index (χ1n) is 17.1. The van der Waals surface area contributed by atoms with E-state index in [0.717, 1.165) is 16.7 Å². The highest BCUT2D eigenvalue weighted by Gasteiger charge is 2.69. The fourth-order valence-electron chi connectivity index (χ4n) is 6.93. The van der Waals surface area contributed by atoms with Crippen molar-refractivity contribution in [3.8, 4) is 5.75 Å². The minimum atomic E-state index is -1.62. The summed E-state index contributed by atoms with van der Waals surface area (Å²) < 4.78 is 68.6. The van der Waals surface area contributed by atoms with Crippen LogP contribution >= 0.6 is 11.6 Å². The molecule has 1 N–H and O–H groups in total. The van der Waals surface area contributed by atoms with E-state index in [9.17, 15) is 9.50 Å². The Bertz CT molecular complexity index is 1950. The molecule has 5 aromatic carbocycles. The highest BCUT2D eigenvalue weighted by atomic mass is 35.5. The molecule has 270 valence electrons. The molecule has 0 aliphatic carbocycles. The van der Waals surface area contributed by atoms with Gasteiger partial charge in [-0.25, -0.2) is 4.39 Å². The van der Waals surface area contributed by atoms with Gasteiger partial charge in [0.15, 0.2) is 11.6 Å². The average molecular weight is 729 g/mol. The van der Waals surface area contributed by atoms with Crippen molar-refractivity contribution in [1.82, 2.24) is 0 Å². The number of methoxy groups -OCH3 is 1. The van der Waals surface area contributed by atoms with Crippen LogP contribution in [0.5, 0.6) is 5.75 Å². The molecular formula is C42H39ClF2O7. The molecule has 0 amide bonds. The summed E-state index contributed by atoms with van der Waals surface area (Å²) in [6, 6.07) is 37.1. The van der Waals surface area contributed by atoms with E-state index in [0.29, 0.717) is 16.1 Å². The lowest BCUT2D eigenvalue weighted by Crippen LogP contribution is -2.67. The fourth-order valence-corrected chi connectivity index (χ4v) is 7.12. The van der Waals surface area contributed by atoms with Gasteiger partial charge in [0, 0.05) is 17.0 Å². The van der Waals surface area contributed by atoms with E-state index >= 15 is 4.39 Å². The van der Waals surface area contributed by atoms with E-state index in [1.807, 2.05) is 91.0 Å². The third-order valence-corrected chi connectivity index (χ3v) is 10.0. The molecule has 2 fully saturated rings. The maximum Gasteiger partial charge on any atom is 0.225 e. The van der Waals surface area contributed by atoms with Gasteiger partial charge >= 0.3 is 0 Å². The Kier molecular flexibility index (Phi) is 11.0. The summed E-state index contributed by atoms with van der Waals surface area (Å²) in [5, 5.41) is 11.4. The molecule has 0 spiro atoms. The van der Waals surface area contributed by atoms with Crippen LogP contribution in [0, 0.1) is 11.6 Å². The van der Waals surface area contributed by atoms with Gasteiger partial charge in [-0.3, -0.25) is 0 Å². The van der Waals surface area contributed by atoms with Gasteiger partial charge in [0.05, 0.1) is 40.1 Å². The molecule has 2 aliphatic rings. The Balaban J connectivity index is 1.31. The Morgan fingerprint density at radius 3 is 1.87 bits per heavy atom. The number of benzene rings is 5. The van der Waals surface area contributed by atoms with Crippen molar-refractivity contribution in [1.29, 1.82) is 0 Å².